The first-order valence-electron chi connectivity index (χ1n) is 6.90. The Morgan fingerprint density at radius 2 is 1.86 bits per heavy atom. The highest BCUT2D eigenvalue weighted by Crippen LogP contribution is 2.20. The molecule has 1 aliphatic rings. The number of piperazine rings is 1. The highest BCUT2D eigenvalue weighted by Gasteiger charge is 2.24. The molecule has 3 N–H and O–H groups in total. The van der Waals surface area contributed by atoms with Gasteiger partial charge >= 0.3 is 6.03 Å². The van der Waals surface area contributed by atoms with E-state index >= 15 is 0 Å². The number of carbonyl (C=O) groups is 2. The third kappa shape index (κ3) is 3.58. The lowest BCUT2D eigenvalue weighted by Gasteiger charge is -2.34. The Morgan fingerprint density at radius 3 is 2.43 bits per heavy atom. The number of halogens is 1. The van der Waals surface area contributed by atoms with Crippen LogP contribution in [-0.4, -0.2) is 54.5 Å². The number of nitrogens with one attached hydrogen (secondary N) is 1. The van der Waals surface area contributed by atoms with Crippen molar-refractivity contribution in [2.45, 2.75) is 6.92 Å². The van der Waals surface area contributed by atoms with E-state index in [4.69, 9.17) is 17.3 Å². The van der Waals surface area contributed by atoms with Gasteiger partial charge in [-0.15, -0.1) is 0 Å². The van der Waals surface area contributed by atoms with E-state index in [9.17, 15) is 9.59 Å². The van der Waals surface area contributed by atoms with Gasteiger partial charge in [0.15, 0.2) is 0 Å². The van der Waals surface area contributed by atoms with Gasteiger partial charge < -0.3 is 20.9 Å². The van der Waals surface area contributed by atoms with Crippen LogP contribution in [0.4, 0.5) is 10.5 Å². The van der Waals surface area contributed by atoms with Gasteiger partial charge in [-0.1, -0.05) is 11.6 Å². The minimum Gasteiger partial charge on any atom is -0.398 e. The Kier molecular flexibility index (Phi) is 4.90. The van der Waals surface area contributed by atoms with E-state index in [2.05, 4.69) is 5.32 Å². The summed E-state index contributed by atoms with van der Waals surface area (Å²) in [6, 6.07) is 4.79. The number of amides is 3. The lowest BCUT2D eigenvalue weighted by Crippen LogP contribution is -2.53. The molecule has 0 atom stereocenters. The number of urea groups is 1. The Bertz CT molecular complexity index is 542. The van der Waals surface area contributed by atoms with E-state index in [0.29, 0.717) is 49.0 Å². The topological polar surface area (TPSA) is 78.7 Å². The van der Waals surface area contributed by atoms with Crippen molar-refractivity contribution in [1.82, 2.24) is 15.1 Å². The van der Waals surface area contributed by atoms with Gasteiger partial charge in [0.05, 0.1) is 10.7 Å². The number of nitrogen functional groups attached to an aromatic ring is 1. The molecule has 1 fully saturated rings. The first-order valence-corrected chi connectivity index (χ1v) is 7.27. The summed E-state index contributed by atoms with van der Waals surface area (Å²) in [6.07, 6.45) is 0. The van der Waals surface area contributed by atoms with Crippen LogP contribution in [0.25, 0.3) is 0 Å². The van der Waals surface area contributed by atoms with Crippen molar-refractivity contribution < 1.29 is 9.59 Å². The fourth-order valence-corrected chi connectivity index (χ4v) is 2.35. The number of nitrogens with zero attached hydrogens (tertiary/aromatic N) is 2. The Hall–Kier alpha value is -1.95. The molecule has 3 amide bonds. The summed E-state index contributed by atoms with van der Waals surface area (Å²) in [7, 11) is 0. The number of anilines is 1. The minimum absolute atomic E-state index is 0.0830. The second-order valence-corrected chi connectivity index (χ2v) is 5.26. The van der Waals surface area contributed by atoms with Crippen molar-refractivity contribution >= 4 is 29.2 Å². The standard InChI is InChI=1S/C14H19ClN4O2/c1-2-17-14(21)19-7-5-18(6-8-19)13(20)10-3-4-11(15)12(16)9-10/h3-4,9H,2,5-8,16H2,1H3,(H,17,21). The van der Waals surface area contributed by atoms with Crippen LogP contribution in [0.5, 0.6) is 0 Å². The van der Waals surface area contributed by atoms with Crippen LogP contribution in [0, 0.1) is 0 Å². The maximum atomic E-state index is 12.4. The number of hydrogen-bond acceptors (Lipinski definition) is 3. The Labute approximate surface area is 128 Å². The number of carbonyl (C=O) groups excluding carboxylic acids is 2. The van der Waals surface area contributed by atoms with Gasteiger partial charge in [-0.05, 0) is 25.1 Å². The molecule has 1 aliphatic heterocycles. The molecule has 0 aromatic heterocycles. The molecule has 1 aromatic carbocycles. The van der Waals surface area contributed by atoms with E-state index in [-0.39, 0.29) is 11.9 Å². The highest BCUT2D eigenvalue weighted by molar-refractivity contribution is 6.33. The monoisotopic (exact) mass is 310 g/mol. The molecule has 0 radical (unpaired) electrons. The zero-order chi connectivity index (χ0) is 15.4. The molecule has 1 heterocycles. The van der Waals surface area contributed by atoms with Crippen LogP contribution in [-0.2, 0) is 0 Å². The second kappa shape index (κ2) is 6.67. The van der Waals surface area contributed by atoms with Gasteiger partial charge in [-0.2, -0.15) is 0 Å². The van der Waals surface area contributed by atoms with Gasteiger partial charge in [0.25, 0.3) is 5.91 Å². The van der Waals surface area contributed by atoms with Crippen molar-refractivity contribution in [3.8, 4) is 0 Å². The number of hydrogen-bond donors (Lipinski definition) is 2. The maximum absolute atomic E-state index is 12.4. The molecule has 0 spiro atoms. The van der Waals surface area contributed by atoms with E-state index in [1.54, 1.807) is 28.0 Å². The van der Waals surface area contributed by atoms with Crippen molar-refractivity contribution in [3.63, 3.8) is 0 Å². The average molecular weight is 311 g/mol. The van der Waals surface area contributed by atoms with Gasteiger partial charge in [-0.25, -0.2) is 4.79 Å². The maximum Gasteiger partial charge on any atom is 0.317 e. The first-order chi connectivity index (χ1) is 10.0. The third-order valence-corrected chi connectivity index (χ3v) is 3.77. The lowest BCUT2D eigenvalue weighted by atomic mass is 10.1. The van der Waals surface area contributed by atoms with Crippen molar-refractivity contribution in [2.75, 3.05) is 38.5 Å². The van der Waals surface area contributed by atoms with Gasteiger partial charge in [-0.3, -0.25) is 4.79 Å². The largest absolute Gasteiger partial charge is 0.398 e. The Balaban J connectivity index is 1.97. The highest BCUT2D eigenvalue weighted by atomic mass is 35.5. The predicted octanol–water partition coefficient (Wildman–Crippen LogP) is 1.41. The lowest BCUT2D eigenvalue weighted by molar-refractivity contribution is 0.0665. The quantitative estimate of drug-likeness (QED) is 0.811. The molecule has 7 heteroatoms. The van der Waals surface area contributed by atoms with Gasteiger partial charge in [0.1, 0.15) is 0 Å². The third-order valence-electron chi connectivity index (χ3n) is 3.43. The zero-order valence-electron chi connectivity index (χ0n) is 11.9. The summed E-state index contributed by atoms with van der Waals surface area (Å²) in [6.45, 7) is 4.56. The van der Waals surface area contributed by atoms with Gasteiger partial charge in [0.2, 0.25) is 0 Å². The molecule has 1 aromatic rings. The molecule has 0 bridgehead atoms. The van der Waals surface area contributed by atoms with E-state index in [0.717, 1.165) is 0 Å². The summed E-state index contributed by atoms with van der Waals surface area (Å²) < 4.78 is 0. The smallest absolute Gasteiger partial charge is 0.317 e. The molecular formula is C14H19ClN4O2. The molecule has 1 saturated heterocycles. The summed E-state index contributed by atoms with van der Waals surface area (Å²) in [5.41, 5.74) is 6.63. The van der Waals surface area contributed by atoms with Crippen molar-refractivity contribution in [2.24, 2.45) is 0 Å². The van der Waals surface area contributed by atoms with Crippen molar-refractivity contribution in [3.05, 3.63) is 28.8 Å². The molecule has 21 heavy (non-hydrogen) atoms. The van der Waals surface area contributed by atoms with Crippen LogP contribution < -0.4 is 11.1 Å². The van der Waals surface area contributed by atoms with Crippen LogP contribution in [0.2, 0.25) is 5.02 Å². The fraction of sp³-hybridized carbons (Fsp3) is 0.429. The number of benzene rings is 1. The molecule has 0 aliphatic carbocycles. The van der Waals surface area contributed by atoms with Crippen LogP contribution in [0.1, 0.15) is 17.3 Å². The van der Waals surface area contributed by atoms with Crippen molar-refractivity contribution in [1.29, 1.82) is 0 Å². The number of nitrogens with two attached hydrogens (primary N) is 1. The average Bonchev–Trinajstić information content (AvgIpc) is 2.50. The molecule has 114 valence electrons. The zero-order valence-corrected chi connectivity index (χ0v) is 12.7. The molecule has 2 rings (SSSR count). The molecular weight excluding hydrogens is 292 g/mol. The predicted molar refractivity (Wildman–Crippen MR) is 82.4 cm³/mol. The van der Waals surface area contributed by atoms with Crippen LogP contribution in [0.3, 0.4) is 0 Å². The molecule has 0 unspecified atom stereocenters. The van der Waals surface area contributed by atoms with Gasteiger partial charge in [0, 0.05) is 38.3 Å². The minimum atomic E-state index is -0.0890. The fourth-order valence-electron chi connectivity index (χ4n) is 2.24. The summed E-state index contributed by atoms with van der Waals surface area (Å²) in [5, 5.41) is 3.19. The molecule has 6 nitrogen and oxygen atoms in total. The summed E-state index contributed by atoms with van der Waals surface area (Å²) >= 11 is 5.85. The normalized spacial score (nSPS) is 15.0. The first kappa shape index (κ1) is 15.4. The second-order valence-electron chi connectivity index (χ2n) is 4.85. The van der Waals surface area contributed by atoms with E-state index in [1.165, 1.54) is 0 Å². The van der Waals surface area contributed by atoms with E-state index in [1.807, 2.05) is 6.92 Å². The van der Waals surface area contributed by atoms with Crippen LogP contribution in [0.15, 0.2) is 18.2 Å². The summed E-state index contributed by atoms with van der Waals surface area (Å²) in [5.74, 6) is -0.0890. The summed E-state index contributed by atoms with van der Waals surface area (Å²) in [4.78, 5) is 27.5. The molecule has 0 saturated carbocycles. The van der Waals surface area contributed by atoms with E-state index < -0.39 is 0 Å². The Morgan fingerprint density at radius 1 is 1.24 bits per heavy atom. The van der Waals surface area contributed by atoms with Crippen LogP contribution >= 0.6 is 11.6 Å². The number of rotatable bonds is 2. The SMILES string of the molecule is CCNC(=O)N1CCN(C(=O)c2ccc(Cl)c(N)c2)CC1.